The van der Waals surface area contributed by atoms with Crippen molar-refractivity contribution >= 4 is 6.21 Å². The summed E-state index contributed by atoms with van der Waals surface area (Å²) in [5, 5.41) is 0. The molecule has 0 aromatic carbocycles. The zero-order valence-electron chi connectivity index (χ0n) is 10.8. The third-order valence-electron chi connectivity index (χ3n) is 2.69. The lowest BCUT2D eigenvalue weighted by atomic mass is 10.0. The minimum atomic E-state index is 0.677. The van der Waals surface area contributed by atoms with Gasteiger partial charge in [-0.3, -0.25) is 4.99 Å². The molecule has 0 aliphatic carbocycles. The Kier molecular flexibility index (Phi) is 4.76. The summed E-state index contributed by atoms with van der Waals surface area (Å²) in [6, 6.07) is 0. The van der Waals surface area contributed by atoms with Gasteiger partial charge in [-0.2, -0.15) is 0 Å². The summed E-state index contributed by atoms with van der Waals surface area (Å²) in [4.78, 5) is 4.04. The molecule has 3 nitrogen and oxygen atoms in total. The van der Waals surface area contributed by atoms with E-state index in [0.29, 0.717) is 6.61 Å². The van der Waals surface area contributed by atoms with E-state index in [1.165, 1.54) is 0 Å². The quantitative estimate of drug-likeness (QED) is 0.760. The van der Waals surface area contributed by atoms with Gasteiger partial charge in [0.25, 0.3) is 0 Å². The summed E-state index contributed by atoms with van der Waals surface area (Å²) >= 11 is 0. The van der Waals surface area contributed by atoms with Gasteiger partial charge in [0.05, 0.1) is 6.61 Å². The molecular formula is C14H20N2O. The molecule has 1 rings (SSSR count). The number of rotatable bonds is 3. The maximum atomic E-state index is 5.87. The van der Waals surface area contributed by atoms with Crippen molar-refractivity contribution in [1.82, 2.24) is 0 Å². The van der Waals surface area contributed by atoms with Crippen LogP contribution in [-0.4, -0.2) is 19.9 Å². The van der Waals surface area contributed by atoms with Crippen molar-refractivity contribution in [3.8, 4) is 0 Å². The molecule has 3 heteroatoms. The number of nitrogens with two attached hydrogens (primary N) is 1. The van der Waals surface area contributed by atoms with E-state index in [0.717, 1.165) is 34.6 Å². The first-order valence-corrected chi connectivity index (χ1v) is 5.69. The fraction of sp³-hybridized carbons (Fsp3) is 0.357. The van der Waals surface area contributed by atoms with Crippen molar-refractivity contribution in [1.29, 1.82) is 0 Å². The second kappa shape index (κ2) is 6.09. The molecule has 0 unspecified atom stereocenters. The van der Waals surface area contributed by atoms with Crippen molar-refractivity contribution in [3.05, 3.63) is 46.9 Å². The molecule has 0 aromatic rings. The lowest BCUT2D eigenvalue weighted by Crippen LogP contribution is -2.01. The number of allylic oxidation sites excluding steroid dienone is 6. The Morgan fingerprint density at radius 2 is 2.24 bits per heavy atom. The normalized spacial score (nSPS) is 22.6. The van der Waals surface area contributed by atoms with E-state index in [9.17, 15) is 0 Å². The second-order valence-corrected chi connectivity index (χ2v) is 3.84. The molecule has 0 aromatic heterocycles. The van der Waals surface area contributed by atoms with Crippen LogP contribution in [0.4, 0.5) is 0 Å². The first kappa shape index (κ1) is 13.3. The lowest BCUT2D eigenvalue weighted by Gasteiger charge is -2.09. The molecule has 0 radical (unpaired) electrons. The highest BCUT2D eigenvalue weighted by molar-refractivity contribution is 5.86. The summed E-state index contributed by atoms with van der Waals surface area (Å²) in [6.07, 6.45) is 6.44. The molecule has 0 atom stereocenters. The van der Waals surface area contributed by atoms with Crippen molar-refractivity contribution in [2.24, 2.45) is 10.7 Å². The fourth-order valence-electron chi connectivity index (χ4n) is 1.85. The first-order valence-electron chi connectivity index (χ1n) is 5.69. The number of aliphatic imine (C=N–C) groups is 1. The third-order valence-corrected chi connectivity index (χ3v) is 2.69. The summed E-state index contributed by atoms with van der Waals surface area (Å²) in [7, 11) is 1.75. The predicted molar refractivity (Wildman–Crippen MR) is 72.9 cm³/mol. The van der Waals surface area contributed by atoms with Crippen LogP contribution >= 0.6 is 0 Å². The number of ether oxygens (including phenoxy) is 1. The van der Waals surface area contributed by atoms with Crippen molar-refractivity contribution in [3.63, 3.8) is 0 Å². The summed E-state index contributed by atoms with van der Waals surface area (Å²) in [5.74, 6) is 0.841. The molecule has 1 fully saturated rings. The van der Waals surface area contributed by atoms with Crippen LogP contribution in [0.25, 0.3) is 0 Å². The fourth-order valence-corrected chi connectivity index (χ4v) is 1.85. The summed E-state index contributed by atoms with van der Waals surface area (Å²) < 4.78 is 5.68. The maximum absolute atomic E-state index is 5.87. The average Bonchev–Trinajstić information content (AvgIpc) is 2.78. The molecule has 1 heterocycles. The highest BCUT2D eigenvalue weighted by Gasteiger charge is 2.21. The van der Waals surface area contributed by atoms with Gasteiger partial charge in [0, 0.05) is 36.5 Å². The van der Waals surface area contributed by atoms with Crippen molar-refractivity contribution in [2.75, 3.05) is 13.7 Å². The van der Waals surface area contributed by atoms with Crippen LogP contribution in [0.1, 0.15) is 20.3 Å². The van der Waals surface area contributed by atoms with E-state index in [-0.39, 0.29) is 0 Å². The van der Waals surface area contributed by atoms with Gasteiger partial charge in [-0.05, 0) is 19.4 Å². The van der Waals surface area contributed by atoms with Crippen LogP contribution in [0.15, 0.2) is 51.9 Å². The molecule has 92 valence electrons. The van der Waals surface area contributed by atoms with Gasteiger partial charge in [-0.15, -0.1) is 0 Å². The molecule has 2 N–H and O–H groups in total. The molecule has 0 spiro atoms. The Balaban J connectivity index is 3.33. The minimum absolute atomic E-state index is 0.677. The minimum Gasteiger partial charge on any atom is -0.492 e. The largest absolute Gasteiger partial charge is 0.492 e. The maximum Gasteiger partial charge on any atom is 0.132 e. The number of hydrogen-bond acceptors (Lipinski definition) is 3. The van der Waals surface area contributed by atoms with E-state index in [2.05, 4.69) is 11.6 Å². The van der Waals surface area contributed by atoms with E-state index in [1.807, 2.05) is 19.9 Å². The molecule has 0 bridgehead atoms. The van der Waals surface area contributed by atoms with Crippen molar-refractivity contribution < 1.29 is 4.74 Å². The van der Waals surface area contributed by atoms with E-state index in [1.54, 1.807) is 19.3 Å². The Bertz CT molecular complexity index is 422. The van der Waals surface area contributed by atoms with E-state index >= 15 is 0 Å². The van der Waals surface area contributed by atoms with Crippen LogP contribution < -0.4 is 5.73 Å². The van der Waals surface area contributed by atoms with Gasteiger partial charge in [0.2, 0.25) is 0 Å². The van der Waals surface area contributed by atoms with Crippen LogP contribution in [0.2, 0.25) is 0 Å². The van der Waals surface area contributed by atoms with Gasteiger partial charge >= 0.3 is 0 Å². The highest BCUT2D eigenvalue weighted by Crippen LogP contribution is 2.31. The molecular weight excluding hydrogens is 212 g/mol. The smallest absolute Gasteiger partial charge is 0.132 e. The van der Waals surface area contributed by atoms with Gasteiger partial charge in [-0.25, -0.2) is 0 Å². The average molecular weight is 232 g/mol. The Morgan fingerprint density at radius 3 is 2.71 bits per heavy atom. The molecule has 17 heavy (non-hydrogen) atoms. The van der Waals surface area contributed by atoms with E-state index in [4.69, 9.17) is 10.5 Å². The second-order valence-electron chi connectivity index (χ2n) is 3.84. The molecule has 0 amide bonds. The lowest BCUT2D eigenvalue weighted by molar-refractivity contribution is 0.263. The Morgan fingerprint density at radius 1 is 1.53 bits per heavy atom. The topological polar surface area (TPSA) is 47.6 Å². The molecule has 0 saturated carbocycles. The van der Waals surface area contributed by atoms with Gasteiger partial charge in [0.1, 0.15) is 5.76 Å². The van der Waals surface area contributed by atoms with Gasteiger partial charge in [0.15, 0.2) is 0 Å². The van der Waals surface area contributed by atoms with Gasteiger partial charge in [-0.1, -0.05) is 18.7 Å². The molecule has 1 aliphatic heterocycles. The van der Waals surface area contributed by atoms with Crippen LogP contribution in [0.3, 0.4) is 0 Å². The first-order chi connectivity index (χ1) is 8.15. The monoisotopic (exact) mass is 232 g/mol. The molecule has 1 saturated heterocycles. The Labute approximate surface area is 103 Å². The SMILES string of the molecule is C=CC(/C(C=NC)=C/C)=C1/OCC/C1=C(/C)N. The van der Waals surface area contributed by atoms with Crippen LogP contribution in [0.5, 0.6) is 0 Å². The van der Waals surface area contributed by atoms with E-state index < -0.39 is 0 Å². The van der Waals surface area contributed by atoms with Crippen LogP contribution in [0, 0.1) is 0 Å². The zero-order chi connectivity index (χ0) is 12.8. The number of nitrogens with zero attached hydrogens (tertiary/aromatic N) is 1. The molecule has 1 aliphatic rings. The zero-order valence-corrected chi connectivity index (χ0v) is 10.8. The highest BCUT2D eigenvalue weighted by atomic mass is 16.5. The summed E-state index contributed by atoms with van der Waals surface area (Å²) in [6.45, 7) is 8.39. The Hall–Kier alpha value is -1.77. The third kappa shape index (κ3) is 2.87. The summed E-state index contributed by atoms with van der Waals surface area (Å²) in [5.41, 5.74) is 9.71. The van der Waals surface area contributed by atoms with Crippen LogP contribution in [-0.2, 0) is 4.74 Å². The van der Waals surface area contributed by atoms with Gasteiger partial charge < -0.3 is 10.5 Å². The standard InChI is InChI=1S/C14H20N2O/c1-5-11(9-16-4)12(6-2)14-13(10(3)15)7-8-17-14/h5-6,9H,2,7-8,15H2,1,3-4H3/b11-5+,13-10+,14-12-,16-9?. The number of hydrogen-bond donors (Lipinski definition) is 1. The van der Waals surface area contributed by atoms with Crippen molar-refractivity contribution in [2.45, 2.75) is 20.3 Å². The predicted octanol–water partition coefficient (Wildman–Crippen LogP) is 2.73.